The average molecular weight is 363 g/mol. The molecule has 0 radical (unpaired) electrons. The van der Waals surface area contributed by atoms with E-state index in [1.807, 2.05) is 14.1 Å². The van der Waals surface area contributed by atoms with Crippen LogP contribution in [0.5, 0.6) is 5.75 Å². The number of amides is 1. The summed E-state index contributed by atoms with van der Waals surface area (Å²) >= 11 is 0. The first-order chi connectivity index (χ1) is 11.9. The van der Waals surface area contributed by atoms with Gasteiger partial charge in [-0.1, -0.05) is 53.7 Å². The Labute approximate surface area is 160 Å². The number of carbonyl (C=O) groups excluding carboxylic acids is 1. The van der Waals surface area contributed by atoms with Gasteiger partial charge in [0.25, 0.3) is 0 Å². The Morgan fingerprint density at radius 2 is 1.58 bits per heavy atom. The minimum Gasteiger partial charge on any atom is -0.496 e. The molecule has 1 N–H and O–H groups in total. The van der Waals surface area contributed by atoms with Crippen LogP contribution >= 0.6 is 0 Å². The molecule has 0 aliphatic heterocycles. The van der Waals surface area contributed by atoms with E-state index >= 15 is 0 Å². The average Bonchev–Trinajstić information content (AvgIpc) is 2.54. The van der Waals surface area contributed by atoms with Crippen molar-refractivity contribution in [3.63, 3.8) is 0 Å². The predicted molar refractivity (Wildman–Crippen MR) is 110 cm³/mol. The fourth-order valence-corrected chi connectivity index (χ4v) is 3.01. The van der Waals surface area contributed by atoms with Gasteiger partial charge in [0, 0.05) is 37.7 Å². The lowest BCUT2D eigenvalue weighted by molar-refractivity contribution is -0.129. The van der Waals surface area contributed by atoms with Crippen molar-refractivity contribution in [1.29, 1.82) is 0 Å². The topological polar surface area (TPSA) is 41.6 Å². The molecule has 0 saturated carbocycles. The number of aryl methyl sites for hydroxylation is 1. The number of likely N-dealkylation sites (N-methyl/N-ethyl adjacent to an activating group) is 2. The van der Waals surface area contributed by atoms with E-state index in [0.717, 1.165) is 25.3 Å². The first kappa shape index (κ1) is 22.5. The Bertz CT molecular complexity index is 575. The zero-order chi connectivity index (χ0) is 20.1. The molecule has 0 spiro atoms. The number of carbonyl (C=O) groups is 1. The zero-order valence-corrected chi connectivity index (χ0v) is 18.2. The summed E-state index contributed by atoms with van der Waals surface area (Å²) in [5.74, 6) is 1.16. The van der Waals surface area contributed by atoms with Crippen LogP contribution in [0, 0.1) is 0 Å². The molecule has 26 heavy (non-hydrogen) atoms. The highest BCUT2D eigenvalue weighted by molar-refractivity contribution is 5.76. The SMILES string of the molecule is CNCCN(C)C(=O)CCc1cc(C(C)(C)C)c(OC)c(C(C)(C)C)c1. The van der Waals surface area contributed by atoms with Crippen LogP contribution in [0.2, 0.25) is 0 Å². The summed E-state index contributed by atoms with van der Waals surface area (Å²) in [5.41, 5.74) is 3.58. The fraction of sp³-hybridized carbons (Fsp3) is 0.682. The van der Waals surface area contributed by atoms with E-state index in [4.69, 9.17) is 4.74 Å². The molecule has 4 heteroatoms. The summed E-state index contributed by atoms with van der Waals surface area (Å²) in [6.07, 6.45) is 1.28. The molecular weight excluding hydrogens is 324 g/mol. The third-order valence-corrected chi connectivity index (χ3v) is 4.72. The molecule has 1 aromatic carbocycles. The first-order valence-corrected chi connectivity index (χ1v) is 9.52. The maximum Gasteiger partial charge on any atom is 0.222 e. The van der Waals surface area contributed by atoms with Gasteiger partial charge in [0.05, 0.1) is 7.11 Å². The largest absolute Gasteiger partial charge is 0.496 e. The van der Waals surface area contributed by atoms with Crippen molar-refractivity contribution in [3.8, 4) is 5.75 Å². The normalized spacial score (nSPS) is 12.2. The van der Waals surface area contributed by atoms with E-state index in [1.165, 1.54) is 16.7 Å². The third-order valence-electron chi connectivity index (χ3n) is 4.72. The summed E-state index contributed by atoms with van der Waals surface area (Å²) in [4.78, 5) is 14.2. The molecule has 0 fully saturated rings. The van der Waals surface area contributed by atoms with Gasteiger partial charge in [-0.3, -0.25) is 4.79 Å². The van der Waals surface area contributed by atoms with Crippen molar-refractivity contribution in [2.24, 2.45) is 0 Å². The van der Waals surface area contributed by atoms with Gasteiger partial charge in [-0.25, -0.2) is 0 Å². The summed E-state index contributed by atoms with van der Waals surface area (Å²) in [7, 11) is 5.52. The molecule has 0 bridgehead atoms. The van der Waals surface area contributed by atoms with Gasteiger partial charge in [0.1, 0.15) is 5.75 Å². The number of hydrogen-bond acceptors (Lipinski definition) is 3. The minimum absolute atomic E-state index is 0.0189. The number of rotatable bonds is 7. The van der Waals surface area contributed by atoms with Crippen molar-refractivity contribution in [3.05, 3.63) is 28.8 Å². The quantitative estimate of drug-likeness (QED) is 0.800. The number of nitrogens with one attached hydrogen (secondary N) is 1. The maximum absolute atomic E-state index is 12.4. The van der Waals surface area contributed by atoms with Crippen molar-refractivity contribution < 1.29 is 9.53 Å². The van der Waals surface area contributed by atoms with E-state index in [0.29, 0.717) is 6.42 Å². The van der Waals surface area contributed by atoms with Crippen LogP contribution in [0.4, 0.5) is 0 Å². The number of ether oxygens (including phenoxy) is 1. The Morgan fingerprint density at radius 1 is 1.08 bits per heavy atom. The molecule has 1 rings (SSSR count). The van der Waals surface area contributed by atoms with E-state index < -0.39 is 0 Å². The van der Waals surface area contributed by atoms with Crippen molar-refractivity contribution >= 4 is 5.91 Å². The Balaban J connectivity index is 3.15. The molecule has 0 saturated heterocycles. The van der Waals surface area contributed by atoms with Crippen molar-refractivity contribution in [2.45, 2.75) is 65.2 Å². The molecule has 0 atom stereocenters. The van der Waals surface area contributed by atoms with Gasteiger partial charge in [-0.15, -0.1) is 0 Å². The minimum atomic E-state index is -0.0189. The lowest BCUT2D eigenvalue weighted by atomic mass is 9.78. The summed E-state index contributed by atoms with van der Waals surface area (Å²) < 4.78 is 5.81. The summed E-state index contributed by atoms with van der Waals surface area (Å²) in [6.45, 7) is 14.8. The van der Waals surface area contributed by atoms with Gasteiger partial charge < -0.3 is 15.0 Å². The molecule has 0 aliphatic rings. The van der Waals surface area contributed by atoms with E-state index in [-0.39, 0.29) is 16.7 Å². The van der Waals surface area contributed by atoms with Gasteiger partial charge in [0.2, 0.25) is 5.91 Å². The molecule has 1 amide bonds. The van der Waals surface area contributed by atoms with Gasteiger partial charge in [0.15, 0.2) is 0 Å². The molecule has 1 aromatic rings. The maximum atomic E-state index is 12.4. The Kier molecular flexibility index (Phi) is 7.70. The molecular formula is C22H38N2O2. The van der Waals surface area contributed by atoms with E-state index in [2.05, 4.69) is 59.0 Å². The number of benzene rings is 1. The molecule has 148 valence electrons. The molecule has 4 nitrogen and oxygen atoms in total. The van der Waals surface area contributed by atoms with E-state index in [1.54, 1.807) is 12.0 Å². The number of nitrogens with zero attached hydrogens (tertiary/aromatic N) is 1. The monoisotopic (exact) mass is 362 g/mol. The van der Waals surface area contributed by atoms with Gasteiger partial charge in [-0.05, 0) is 29.9 Å². The molecule has 0 aromatic heterocycles. The Morgan fingerprint density at radius 3 is 1.96 bits per heavy atom. The second-order valence-electron chi connectivity index (χ2n) is 9.14. The molecule has 0 aliphatic carbocycles. The Hall–Kier alpha value is -1.55. The third kappa shape index (κ3) is 6.01. The van der Waals surface area contributed by atoms with Crippen LogP contribution in [0.1, 0.15) is 64.7 Å². The zero-order valence-electron chi connectivity index (χ0n) is 18.2. The molecule has 0 unspecified atom stereocenters. The predicted octanol–water partition coefficient (Wildman–Crippen LogP) is 3.90. The second-order valence-corrected chi connectivity index (χ2v) is 9.14. The smallest absolute Gasteiger partial charge is 0.222 e. The van der Waals surface area contributed by atoms with Crippen LogP contribution in [0.25, 0.3) is 0 Å². The van der Waals surface area contributed by atoms with Crippen LogP contribution in [0.3, 0.4) is 0 Å². The van der Waals surface area contributed by atoms with Gasteiger partial charge in [-0.2, -0.15) is 0 Å². The van der Waals surface area contributed by atoms with Crippen LogP contribution in [0.15, 0.2) is 12.1 Å². The number of methoxy groups -OCH3 is 1. The highest BCUT2D eigenvalue weighted by Gasteiger charge is 2.27. The van der Waals surface area contributed by atoms with Crippen LogP contribution in [-0.4, -0.2) is 45.1 Å². The highest BCUT2D eigenvalue weighted by Crippen LogP contribution is 2.40. The lowest BCUT2D eigenvalue weighted by Gasteiger charge is -2.30. The molecule has 0 heterocycles. The highest BCUT2D eigenvalue weighted by atomic mass is 16.5. The summed E-state index contributed by atoms with van der Waals surface area (Å²) in [5, 5.41) is 3.08. The summed E-state index contributed by atoms with van der Waals surface area (Å²) in [6, 6.07) is 4.43. The lowest BCUT2D eigenvalue weighted by Crippen LogP contribution is -2.32. The fourth-order valence-electron chi connectivity index (χ4n) is 3.01. The first-order valence-electron chi connectivity index (χ1n) is 9.52. The standard InChI is InChI=1S/C22H38N2O2/c1-21(2,3)17-14-16(10-11-19(25)24(8)13-12-23-7)15-18(20(17)26-9)22(4,5)6/h14-15,23H,10-13H2,1-9H3. The van der Waals surface area contributed by atoms with Crippen LogP contribution in [-0.2, 0) is 22.0 Å². The van der Waals surface area contributed by atoms with Crippen LogP contribution < -0.4 is 10.1 Å². The number of hydrogen-bond donors (Lipinski definition) is 1. The van der Waals surface area contributed by atoms with E-state index in [9.17, 15) is 4.79 Å². The van der Waals surface area contributed by atoms with Crippen molar-refractivity contribution in [1.82, 2.24) is 10.2 Å². The van der Waals surface area contributed by atoms with Gasteiger partial charge >= 0.3 is 0 Å². The second kappa shape index (κ2) is 8.90. The van der Waals surface area contributed by atoms with Crippen molar-refractivity contribution in [2.75, 3.05) is 34.3 Å².